The molecule has 0 spiro atoms. The lowest BCUT2D eigenvalue weighted by Gasteiger charge is -2.17. The van der Waals surface area contributed by atoms with Crippen molar-refractivity contribution in [2.75, 3.05) is 18.1 Å². The van der Waals surface area contributed by atoms with E-state index in [4.69, 9.17) is 0 Å². The Bertz CT molecular complexity index is 721. The van der Waals surface area contributed by atoms with Crippen molar-refractivity contribution in [1.29, 1.82) is 0 Å². The van der Waals surface area contributed by atoms with Gasteiger partial charge in [0.15, 0.2) is 9.84 Å². The molecule has 7 nitrogen and oxygen atoms in total. The highest BCUT2D eigenvalue weighted by Crippen LogP contribution is 2.10. The second-order valence-electron chi connectivity index (χ2n) is 6.11. The zero-order valence-corrected chi connectivity index (χ0v) is 14.7. The summed E-state index contributed by atoms with van der Waals surface area (Å²) < 4.78 is 35.5. The van der Waals surface area contributed by atoms with Crippen molar-refractivity contribution in [2.24, 2.45) is 0 Å². The summed E-state index contributed by atoms with van der Waals surface area (Å²) in [5.41, 5.74) is 0.891. The molecule has 3 amide bonds. The topological polar surface area (TPSA) is 104 Å². The molecule has 1 aliphatic rings. The molecule has 2 atom stereocenters. The van der Waals surface area contributed by atoms with Crippen LogP contribution in [-0.4, -0.2) is 50.5 Å². The van der Waals surface area contributed by atoms with Crippen molar-refractivity contribution in [1.82, 2.24) is 16.0 Å². The first kappa shape index (κ1) is 19.2. The maximum Gasteiger partial charge on any atom is 0.315 e. The minimum atomic E-state index is -3.07. The average Bonchev–Trinajstić information content (AvgIpc) is 2.87. The number of nitrogens with one attached hydrogen (secondary N) is 3. The van der Waals surface area contributed by atoms with Crippen LogP contribution in [-0.2, 0) is 21.1 Å². The Morgan fingerprint density at radius 2 is 1.96 bits per heavy atom. The Balaban J connectivity index is 1.68. The van der Waals surface area contributed by atoms with Gasteiger partial charge in [-0.15, -0.1) is 0 Å². The van der Waals surface area contributed by atoms with E-state index in [9.17, 15) is 22.4 Å². The molecule has 0 bridgehead atoms. The average molecular weight is 371 g/mol. The predicted molar refractivity (Wildman–Crippen MR) is 91.3 cm³/mol. The van der Waals surface area contributed by atoms with Crippen LogP contribution in [0.4, 0.5) is 9.18 Å². The van der Waals surface area contributed by atoms with Gasteiger partial charge in [-0.2, -0.15) is 0 Å². The van der Waals surface area contributed by atoms with Crippen molar-refractivity contribution < 1.29 is 22.4 Å². The molecule has 25 heavy (non-hydrogen) atoms. The third-order valence-electron chi connectivity index (χ3n) is 3.93. The number of amides is 3. The van der Waals surface area contributed by atoms with Crippen LogP contribution in [0.2, 0.25) is 0 Å². The molecule has 138 valence electrons. The first-order valence-corrected chi connectivity index (χ1v) is 9.87. The fraction of sp³-hybridized carbons (Fsp3) is 0.500. The summed E-state index contributed by atoms with van der Waals surface area (Å²) in [6.45, 7) is 1.90. The Labute approximate surface area is 146 Å². The number of hydrogen-bond acceptors (Lipinski definition) is 4. The van der Waals surface area contributed by atoms with E-state index in [1.54, 1.807) is 12.1 Å². The number of urea groups is 1. The fourth-order valence-corrected chi connectivity index (χ4v) is 4.21. The molecule has 1 aromatic rings. The van der Waals surface area contributed by atoms with E-state index in [-0.39, 0.29) is 23.2 Å². The Kier molecular flexibility index (Phi) is 6.35. The third-order valence-corrected chi connectivity index (χ3v) is 5.70. The number of hydrogen-bond donors (Lipinski definition) is 3. The molecule has 0 radical (unpaired) electrons. The lowest BCUT2D eigenvalue weighted by Crippen LogP contribution is -2.51. The van der Waals surface area contributed by atoms with Gasteiger partial charge in [-0.1, -0.05) is 12.1 Å². The van der Waals surface area contributed by atoms with Crippen LogP contribution in [0.15, 0.2) is 24.3 Å². The number of rotatable bonds is 6. The van der Waals surface area contributed by atoms with Gasteiger partial charge in [0.1, 0.15) is 11.9 Å². The van der Waals surface area contributed by atoms with E-state index in [0.29, 0.717) is 19.4 Å². The van der Waals surface area contributed by atoms with Gasteiger partial charge in [0.25, 0.3) is 0 Å². The number of carbonyl (C=O) groups is 2. The molecule has 1 unspecified atom stereocenters. The fourth-order valence-electron chi connectivity index (χ4n) is 2.53. The largest absolute Gasteiger partial charge is 0.354 e. The molecular weight excluding hydrogens is 349 g/mol. The minimum Gasteiger partial charge on any atom is -0.354 e. The second kappa shape index (κ2) is 8.28. The van der Waals surface area contributed by atoms with E-state index in [0.717, 1.165) is 5.56 Å². The number of benzene rings is 1. The predicted octanol–water partition coefficient (Wildman–Crippen LogP) is 0.359. The van der Waals surface area contributed by atoms with Crippen LogP contribution in [0.1, 0.15) is 18.9 Å². The van der Waals surface area contributed by atoms with Crippen LogP contribution in [0.25, 0.3) is 0 Å². The lowest BCUT2D eigenvalue weighted by atomic mass is 10.1. The summed E-state index contributed by atoms with van der Waals surface area (Å²) in [5, 5.41) is 7.73. The molecule has 9 heteroatoms. The van der Waals surface area contributed by atoms with E-state index in [1.807, 2.05) is 0 Å². The third kappa shape index (κ3) is 6.33. The van der Waals surface area contributed by atoms with Gasteiger partial charge in [-0.3, -0.25) is 4.79 Å². The Morgan fingerprint density at radius 1 is 1.28 bits per heavy atom. The van der Waals surface area contributed by atoms with Gasteiger partial charge in [-0.25, -0.2) is 17.6 Å². The zero-order valence-electron chi connectivity index (χ0n) is 13.9. The van der Waals surface area contributed by atoms with Gasteiger partial charge in [-0.05, 0) is 37.5 Å². The normalized spacial score (nSPS) is 19.8. The standard InChI is InChI=1S/C16H22FN3O4S/c1-11(19-16(22)20-14-7-9-25(23,24)10-14)15(21)18-8-6-12-2-4-13(17)5-3-12/h2-5,11,14H,6-10H2,1H3,(H,18,21)(H2,19,20,22)/t11-,14?/m1/s1. The maximum absolute atomic E-state index is 12.8. The molecule has 2 rings (SSSR count). The molecular formula is C16H22FN3O4S. The summed E-state index contributed by atoms with van der Waals surface area (Å²) in [5.74, 6) is -0.668. The quantitative estimate of drug-likeness (QED) is 0.671. The summed E-state index contributed by atoms with van der Waals surface area (Å²) in [6, 6.07) is 4.26. The van der Waals surface area contributed by atoms with Crippen LogP contribution >= 0.6 is 0 Å². The smallest absolute Gasteiger partial charge is 0.315 e. The molecule has 3 N–H and O–H groups in total. The van der Waals surface area contributed by atoms with E-state index < -0.39 is 28.0 Å². The van der Waals surface area contributed by atoms with Crippen molar-refractivity contribution in [3.8, 4) is 0 Å². The number of sulfone groups is 1. The molecule has 1 fully saturated rings. The minimum absolute atomic E-state index is 0.0668. The SMILES string of the molecule is C[C@@H](NC(=O)NC1CCS(=O)(=O)C1)C(=O)NCCc1ccc(F)cc1. The van der Waals surface area contributed by atoms with E-state index in [2.05, 4.69) is 16.0 Å². The van der Waals surface area contributed by atoms with Crippen LogP contribution < -0.4 is 16.0 Å². The highest BCUT2D eigenvalue weighted by atomic mass is 32.2. The second-order valence-corrected chi connectivity index (χ2v) is 8.34. The Morgan fingerprint density at radius 3 is 2.56 bits per heavy atom. The first-order valence-electron chi connectivity index (χ1n) is 8.05. The van der Waals surface area contributed by atoms with Crippen molar-refractivity contribution in [3.63, 3.8) is 0 Å². The first-order chi connectivity index (χ1) is 11.7. The highest BCUT2D eigenvalue weighted by Gasteiger charge is 2.29. The van der Waals surface area contributed by atoms with Crippen molar-refractivity contribution >= 4 is 21.8 Å². The monoisotopic (exact) mass is 371 g/mol. The summed E-state index contributed by atoms with van der Waals surface area (Å²) in [4.78, 5) is 23.8. The molecule has 0 saturated carbocycles. The van der Waals surface area contributed by atoms with Crippen molar-refractivity contribution in [3.05, 3.63) is 35.6 Å². The van der Waals surface area contributed by atoms with Crippen LogP contribution in [0, 0.1) is 5.82 Å². The van der Waals surface area contributed by atoms with E-state index in [1.165, 1.54) is 19.1 Å². The van der Waals surface area contributed by atoms with E-state index >= 15 is 0 Å². The number of carbonyl (C=O) groups excluding carboxylic acids is 2. The van der Waals surface area contributed by atoms with Gasteiger partial charge in [0.05, 0.1) is 11.5 Å². The molecule has 1 aromatic carbocycles. The summed E-state index contributed by atoms with van der Waals surface area (Å²) in [6.07, 6.45) is 0.929. The van der Waals surface area contributed by atoms with Gasteiger partial charge in [0.2, 0.25) is 5.91 Å². The van der Waals surface area contributed by atoms with Gasteiger partial charge >= 0.3 is 6.03 Å². The van der Waals surface area contributed by atoms with Crippen LogP contribution in [0.3, 0.4) is 0 Å². The Hall–Kier alpha value is -2.16. The van der Waals surface area contributed by atoms with Gasteiger partial charge < -0.3 is 16.0 Å². The molecule has 0 aromatic heterocycles. The molecule has 1 heterocycles. The lowest BCUT2D eigenvalue weighted by molar-refractivity contribution is -0.122. The van der Waals surface area contributed by atoms with Crippen LogP contribution in [0.5, 0.6) is 0 Å². The summed E-state index contributed by atoms with van der Waals surface area (Å²) in [7, 11) is -3.07. The highest BCUT2D eigenvalue weighted by molar-refractivity contribution is 7.91. The zero-order chi connectivity index (χ0) is 18.4. The number of halogens is 1. The molecule has 0 aliphatic carbocycles. The van der Waals surface area contributed by atoms with Crippen molar-refractivity contribution in [2.45, 2.75) is 31.8 Å². The van der Waals surface area contributed by atoms with Gasteiger partial charge in [0, 0.05) is 12.6 Å². The molecule has 1 aliphatic heterocycles. The molecule has 1 saturated heterocycles. The maximum atomic E-state index is 12.8. The summed E-state index contributed by atoms with van der Waals surface area (Å²) >= 11 is 0.